The number of likely N-dealkylation sites (N-methyl/N-ethyl adjacent to an activating group) is 1. The second-order valence-corrected chi connectivity index (χ2v) is 2.05. The van der Waals surface area contributed by atoms with Crippen molar-refractivity contribution in [3.8, 4) is 0 Å². The van der Waals surface area contributed by atoms with E-state index in [0.717, 1.165) is 0 Å². The van der Waals surface area contributed by atoms with Crippen LogP contribution in [0.3, 0.4) is 0 Å². The fraction of sp³-hybridized carbons (Fsp3) is 0.667. The molecule has 0 aliphatic heterocycles. The van der Waals surface area contributed by atoms with Crippen molar-refractivity contribution in [3.63, 3.8) is 0 Å². The van der Waals surface area contributed by atoms with Gasteiger partial charge in [-0.1, -0.05) is 0 Å². The quantitative estimate of drug-likeness (QED) is 0.582. The Morgan fingerprint density at radius 2 is 2.20 bits per heavy atom. The van der Waals surface area contributed by atoms with Gasteiger partial charge in [0.2, 0.25) is 0 Å². The molecule has 0 rings (SSSR count). The first-order valence-electron chi connectivity index (χ1n) is 2.97. The van der Waals surface area contributed by atoms with Crippen molar-refractivity contribution >= 4 is 11.8 Å². The molecule has 0 fully saturated rings. The summed E-state index contributed by atoms with van der Waals surface area (Å²) in [7, 11) is 1.56. The molecule has 0 aliphatic carbocycles. The number of nitrogens with one attached hydrogen (secondary N) is 1. The lowest BCUT2D eigenvalue weighted by molar-refractivity contribution is -0.139. The van der Waals surface area contributed by atoms with Gasteiger partial charge >= 0.3 is 5.97 Å². The smallest absolute Gasteiger partial charge is 0.305 e. The third-order valence-electron chi connectivity index (χ3n) is 1.22. The predicted octanol–water partition coefficient (Wildman–Crippen LogP) is -0.116. The summed E-state index contributed by atoms with van der Waals surface area (Å²) in [6, 6.07) is -0.544. The zero-order valence-electron chi connectivity index (χ0n) is 6.05. The Hall–Kier alpha value is -0.900. The van der Waals surface area contributed by atoms with Gasteiger partial charge in [0.25, 0.3) is 0 Å². The van der Waals surface area contributed by atoms with Crippen LogP contribution < -0.4 is 5.32 Å². The van der Waals surface area contributed by atoms with Gasteiger partial charge in [-0.05, 0) is 14.0 Å². The predicted molar refractivity (Wildman–Crippen MR) is 37.9 cm³/mol. The summed E-state index contributed by atoms with van der Waals surface area (Å²) in [5.41, 5.74) is 0. The molecule has 1 atom stereocenters. The third kappa shape index (κ3) is 3.19. The number of rotatable bonds is 4. The van der Waals surface area contributed by atoms with Gasteiger partial charge < -0.3 is 10.4 Å². The molecule has 0 saturated heterocycles. The topological polar surface area (TPSA) is 66.4 Å². The van der Waals surface area contributed by atoms with Crippen LogP contribution in [0.25, 0.3) is 0 Å². The lowest BCUT2D eigenvalue weighted by Gasteiger charge is -2.07. The van der Waals surface area contributed by atoms with Gasteiger partial charge in [-0.25, -0.2) is 0 Å². The van der Waals surface area contributed by atoms with Crippen LogP contribution in [0.1, 0.15) is 14.8 Å². The van der Waals surface area contributed by atoms with E-state index in [2.05, 4.69) is 5.32 Å². The molecule has 0 heterocycles. The minimum Gasteiger partial charge on any atom is -0.481 e. The van der Waals surface area contributed by atoms with Crippen molar-refractivity contribution in [2.45, 2.75) is 19.4 Å². The van der Waals surface area contributed by atoms with E-state index < -0.39 is 12.0 Å². The molecule has 1 unspecified atom stereocenters. The number of ketones is 1. The maximum Gasteiger partial charge on any atom is 0.305 e. The highest BCUT2D eigenvalue weighted by molar-refractivity contribution is 5.85. The highest BCUT2D eigenvalue weighted by Crippen LogP contribution is 1.91. The summed E-state index contributed by atoms with van der Waals surface area (Å²) >= 11 is 0. The summed E-state index contributed by atoms with van der Waals surface area (Å²) in [5.74, 6) is -1.11. The van der Waals surface area contributed by atoms with Gasteiger partial charge in [0.15, 0.2) is 0 Å². The molecular weight excluding hydrogens is 134 g/mol. The molecule has 0 bridgehead atoms. The summed E-state index contributed by atoms with van der Waals surface area (Å²) in [6.07, 6.45) is -0.147. The van der Waals surface area contributed by atoms with Crippen molar-refractivity contribution in [2.75, 3.05) is 7.05 Å². The first-order chi connectivity index (χ1) is 4.57. The van der Waals surface area contributed by atoms with E-state index in [9.17, 15) is 9.59 Å². The van der Waals surface area contributed by atoms with Crippen LogP contribution in [0.2, 0.25) is 0 Å². The van der Waals surface area contributed by atoms with Gasteiger partial charge in [0.1, 0.15) is 5.78 Å². The number of Topliss-reactive ketones (excluding diaryl/α,β-unsaturated/α-hetero) is 1. The number of carboxylic acids is 1. The minimum atomic E-state index is -0.963. The standard InChI is InChI=1S/C6H11NO3.H2/c1-4(8)5(7-2)3-6(9)10;/h5,7H,3H2,1-2H3,(H,9,10);1H. The van der Waals surface area contributed by atoms with E-state index in [4.69, 9.17) is 5.11 Å². The van der Waals surface area contributed by atoms with Crippen LogP contribution in [-0.2, 0) is 9.59 Å². The zero-order valence-corrected chi connectivity index (χ0v) is 6.05. The SMILES string of the molecule is CNC(CC(=O)O)C(C)=O.[HH]. The van der Waals surface area contributed by atoms with Crippen LogP contribution in [-0.4, -0.2) is 29.9 Å². The number of aliphatic carboxylic acids is 1. The molecule has 0 radical (unpaired) electrons. The Morgan fingerprint density at radius 1 is 1.70 bits per heavy atom. The zero-order chi connectivity index (χ0) is 8.15. The largest absolute Gasteiger partial charge is 0.481 e. The van der Waals surface area contributed by atoms with Crippen molar-refractivity contribution in [2.24, 2.45) is 0 Å². The van der Waals surface area contributed by atoms with Gasteiger partial charge in [0.05, 0.1) is 12.5 Å². The van der Waals surface area contributed by atoms with Crippen molar-refractivity contribution in [3.05, 3.63) is 0 Å². The monoisotopic (exact) mass is 147 g/mol. The molecule has 0 aromatic carbocycles. The molecule has 0 amide bonds. The second-order valence-electron chi connectivity index (χ2n) is 2.05. The maximum absolute atomic E-state index is 10.6. The molecule has 2 N–H and O–H groups in total. The summed E-state index contributed by atoms with van der Waals surface area (Å²) in [4.78, 5) is 20.7. The highest BCUT2D eigenvalue weighted by Gasteiger charge is 2.14. The van der Waals surface area contributed by atoms with Crippen LogP contribution in [0.5, 0.6) is 0 Å². The van der Waals surface area contributed by atoms with E-state index in [1.807, 2.05) is 0 Å². The summed E-state index contributed by atoms with van der Waals surface area (Å²) in [5, 5.41) is 10.9. The van der Waals surface area contributed by atoms with Crippen molar-refractivity contribution in [1.29, 1.82) is 0 Å². The van der Waals surface area contributed by atoms with Gasteiger partial charge in [0, 0.05) is 1.43 Å². The molecule has 0 aromatic heterocycles. The van der Waals surface area contributed by atoms with E-state index in [1.165, 1.54) is 6.92 Å². The first-order valence-corrected chi connectivity index (χ1v) is 2.97. The van der Waals surface area contributed by atoms with Crippen LogP contribution in [0.15, 0.2) is 0 Å². The van der Waals surface area contributed by atoms with Gasteiger partial charge in [-0.2, -0.15) is 0 Å². The maximum atomic E-state index is 10.6. The molecule has 0 aromatic rings. The van der Waals surface area contributed by atoms with Crippen molar-refractivity contribution < 1.29 is 16.1 Å². The Balaban J connectivity index is 0. The van der Waals surface area contributed by atoms with Crippen LogP contribution >= 0.6 is 0 Å². The first kappa shape index (κ1) is 9.10. The lowest BCUT2D eigenvalue weighted by atomic mass is 10.1. The second kappa shape index (κ2) is 4.00. The molecule has 0 aliphatic rings. The normalized spacial score (nSPS) is 12.6. The Morgan fingerprint density at radius 3 is 2.30 bits per heavy atom. The number of carbonyl (C=O) groups is 2. The van der Waals surface area contributed by atoms with E-state index in [-0.39, 0.29) is 13.6 Å². The molecule has 60 valence electrons. The Kier molecular flexibility index (Phi) is 3.64. The fourth-order valence-electron chi connectivity index (χ4n) is 0.624. The van der Waals surface area contributed by atoms with E-state index in [0.29, 0.717) is 0 Å². The summed E-state index contributed by atoms with van der Waals surface area (Å²) in [6.45, 7) is 1.37. The average Bonchev–Trinajstić information content (AvgIpc) is 1.81. The van der Waals surface area contributed by atoms with Crippen LogP contribution in [0, 0.1) is 0 Å². The van der Waals surface area contributed by atoms with Gasteiger partial charge in [-0.15, -0.1) is 0 Å². The summed E-state index contributed by atoms with van der Waals surface area (Å²) < 4.78 is 0. The Labute approximate surface area is 60.7 Å². The van der Waals surface area contributed by atoms with Crippen molar-refractivity contribution in [1.82, 2.24) is 5.32 Å². The van der Waals surface area contributed by atoms with E-state index in [1.54, 1.807) is 7.05 Å². The molecule has 4 heteroatoms. The van der Waals surface area contributed by atoms with E-state index >= 15 is 0 Å². The van der Waals surface area contributed by atoms with Crippen LogP contribution in [0.4, 0.5) is 0 Å². The lowest BCUT2D eigenvalue weighted by Crippen LogP contribution is -2.34. The number of hydrogen-bond donors (Lipinski definition) is 2. The fourth-order valence-corrected chi connectivity index (χ4v) is 0.624. The molecule has 4 nitrogen and oxygen atoms in total. The molecule has 0 spiro atoms. The molecular formula is C6H13NO3. The average molecular weight is 147 g/mol. The highest BCUT2D eigenvalue weighted by atomic mass is 16.4. The number of carbonyl (C=O) groups excluding carboxylic acids is 1. The Bertz CT molecular complexity index is 149. The third-order valence-corrected chi connectivity index (χ3v) is 1.22. The number of carboxylic acid groups (broad SMARTS) is 1. The molecule has 0 saturated carbocycles. The minimum absolute atomic E-state index is 0. The number of hydrogen-bond acceptors (Lipinski definition) is 3. The molecule has 10 heavy (non-hydrogen) atoms. The van der Waals surface area contributed by atoms with Gasteiger partial charge in [-0.3, -0.25) is 9.59 Å².